The molecule has 1 atom stereocenters. The molecule has 2 aliphatic heterocycles. The molecule has 1 aromatic rings. The Hall–Kier alpha value is -1.26. The van der Waals surface area contributed by atoms with Gasteiger partial charge in [-0.1, -0.05) is 13.8 Å². The summed E-state index contributed by atoms with van der Waals surface area (Å²) >= 11 is 0. The largest absolute Gasteiger partial charge is 0.493 e. The van der Waals surface area contributed by atoms with Gasteiger partial charge in [-0.25, -0.2) is 0 Å². The van der Waals surface area contributed by atoms with Gasteiger partial charge in [0.05, 0.1) is 27.4 Å². The molecule has 2 heterocycles. The summed E-state index contributed by atoms with van der Waals surface area (Å²) in [7, 11) is 5.24. The zero-order valence-electron chi connectivity index (χ0n) is 18.9. The van der Waals surface area contributed by atoms with E-state index >= 15 is 0 Å². The van der Waals surface area contributed by atoms with E-state index in [9.17, 15) is 0 Å². The lowest BCUT2D eigenvalue weighted by molar-refractivity contribution is 0.00739. The van der Waals surface area contributed by atoms with Gasteiger partial charge in [0, 0.05) is 45.8 Å². The van der Waals surface area contributed by atoms with Crippen molar-refractivity contribution in [2.75, 3.05) is 60.7 Å². The molecule has 30 heavy (non-hydrogen) atoms. The fourth-order valence-corrected chi connectivity index (χ4v) is 4.29. The highest BCUT2D eigenvalue weighted by molar-refractivity contribution is 14.0. The van der Waals surface area contributed by atoms with Crippen LogP contribution in [0, 0.1) is 5.92 Å². The molecule has 1 N–H and O–H groups in total. The molecule has 0 saturated carbocycles. The van der Waals surface area contributed by atoms with E-state index in [1.165, 1.54) is 11.1 Å². The molecule has 0 amide bonds. The first-order valence-electron chi connectivity index (χ1n) is 10.6. The topological polar surface area (TPSA) is 58.6 Å². The first kappa shape index (κ1) is 25.0. The van der Waals surface area contributed by atoms with Crippen LogP contribution in [0.25, 0.3) is 0 Å². The molecule has 1 saturated heterocycles. The van der Waals surface area contributed by atoms with Gasteiger partial charge >= 0.3 is 0 Å². The first-order valence-corrected chi connectivity index (χ1v) is 10.6. The van der Waals surface area contributed by atoms with E-state index in [1.807, 2.05) is 7.05 Å². The lowest BCUT2D eigenvalue weighted by Gasteiger charge is -2.38. The number of morpholine rings is 1. The Morgan fingerprint density at radius 3 is 2.30 bits per heavy atom. The third kappa shape index (κ3) is 5.91. The molecule has 1 unspecified atom stereocenters. The first-order chi connectivity index (χ1) is 14.1. The van der Waals surface area contributed by atoms with Crippen LogP contribution in [-0.4, -0.2) is 82.5 Å². The summed E-state index contributed by atoms with van der Waals surface area (Å²) < 4.78 is 16.5. The summed E-state index contributed by atoms with van der Waals surface area (Å²) in [4.78, 5) is 9.43. The molecular formula is C22H37IN4O3. The molecule has 1 fully saturated rings. The van der Waals surface area contributed by atoms with E-state index in [4.69, 9.17) is 14.2 Å². The van der Waals surface area contributed by atoms with Crippen molar-refractivity contribution >= 4 is 29.9 Å². The van der Waals surface area contributed by atoms with Gasteiger partial charge < -0.3 is 24.4 Å². The van der Waals surface area contributed by atoms with Crippen molar-refractivity contribution in [3.63, 3.8) is 0 Å². The highest BCUT2D eigenvalue weighted by atomic mass is 127. The summed E-state index contributed by atoms with van der Waals surface area (Å²) in [5.74, 6) is 3.11. The predicted octanol–water partition coefficient (Wildman–Crippen LogP) is 2.61. The minimum atomic E-state index is 0. The Kier molecular flexibility index (Phi) is 9.96. The summed E-state index contributed by atoms with van der Waals surface area (Å²) in [5, 5.41) is 3.64. The van der Waals surface area contributed by atoms with Crippen LogP contribution in [0.2, 0.25) is 0 Å². The van der Waals surface area contributed by atoms with Crippen LogP contribution in [0.15, 0.2) is 17.1 Å². The van der Waals surface area contributed by atoms with Crippen LogP contribution in [-0.2, 0) is 17.7 Å². The van der Waals surface area contributed by atoms with Crippen molar-refractivity contribution in [1.82, 2.24) is 15.1 Å². The molecule has 0 bridgehead atoms. The standard InChI is InChI=1S/C22H36N4O3.HI/c1-16(2)19(25-8-10-29-11-9-25)14-24-22(23-3)26-7-6-17-12-20(27-4)21(28-5)13-18(17)15-26;/h12-13,16,19H,6-11,14-15H2,1-5H3,(H,23,24);1H. The van der Waals surface area contributed by atoms with Gasteiger partial charge in [0.25, 0.3) is 0 Å². The second-order valence-corrected chi connectivity index (χ2v) is 8.04. The summed E-state index contributed by atoms with van der Waals surface area (Å²) in [6, 6.07) is 4.67. The maximum atomic E-state index is 5.53. The number of nitrogens with one attached hydrogen (secondary N) is 1. The molecule has 0 aromatic heterocycles. The second kappa shape index (κ2) is 12.0. The third-order valence-electron chi connectivity index (χ3n) is 5.98. The van der Waals surface area contributed by atoms with E-state index < -0.39 is 0 Å². The monoisotopic (exact) mass is 532 g/mol. The van der Waals surface area contributed by atoms with Gasteiger partial charge in [0.2, 0.25) is 0 Å². The highest BCUT2D eigenvalue weighted by Gasteiger charge is 2.26. The minimum Gasteiger partial charge on any atom is -0.493 e. The maximum Gasteiger partial charge on any atom is 0.194 e. The van der Waals surface area contributed by atoms with Crippen molar-refractivity contribution in [2.45, 2.75) is 32.9 Å². The number of ether oxygens (including phenoxy) is 3. The predicted molar refractivity (Wildman–Crippen MR) is 131 cm³/mol. The van der Waals surface area contributed by atoms with Crippen LogP contribution in [0.5, 0.6) is 11.5 Å². The highest BCUT2D eigenvalue weighted by Crippen LogP contribution is 2.33. The van der Waals surface area contributed by atoms with E-state index in [0.717, 1.165) is 69.8 Å². The second-order valence-electron chi connectivity index (χ2n) is 8.04. The van der Waals surface area contributed by atoms with E-state index in [-0.39, 0.29) is 24.0 Å². The molecule has 7 nitrogen and oxygen atoms in total. The average Bonchev–Trinajstić information content (AvgIpc) is 2.75. The van der Waals surface area contributed by atoms with Crippen LogP contribution < -0.4 is 14.8 Å². The van der Waals surface area contributed by atoms with Crippen molar-refractivity contribution < 1.29 is 14.2 Å². The van der Waals surface area contributed by atoms with E-state index in [0.29, 0.717) is 12.0 Å². The number of aliphatic imine (C=N–C) groups is 1. The Morgan fingerprint density at radius 1 is 1.10 bits per heavy atom. The van der Waals surface area contributed by atoms with E-state index in [2.05, 4.69) is 46.1 Å². The number of benzene rings is 1. The number of halogens is 1. The summed E-state index contributed by atoms with van der Waals surface area (Å²) in [5.41, 5.74) is 2.59. The van der Waals surface area contributed by atoms with Crippen molar-refractivity contribution in [2.24, 2.45) is 10.9 Å². The SMILES string of the molecule is CN=C(NCC(C(C)C)N1CCOCC1)N1CCc2cc(OC)c(OC)cc2C1.I. The molecule has 2 aliphatic rings. The lowest BCUT2D eigenvalue weighted by Crippen LogP contribution is -2.53. The molecule has 0 radical (unpaired) electrons. The van der Waals surface area contributed by atoms with Crippen LogP contribution in [0.3, 0.4) is 0 Å². The summed E-state index contributed by atoms with van der Waals surface area (Å²) in [6.07, 6.45) is 0.966. The normalized spacial score (nSPS) is 18.5. The molecule has 8 heteroatoms. The smallest absolute Gasteiger partial charge is 0.194 e. The Bertz CT molecular complexity index is 708. The Balaban J connectivity index is 0.00000320. The average molecular weight is 532 g/mol. The number of methoxy groups -OCH3 is 2. The lowest BCUT2D eigenvalue weighted by atomic mass is 9.99. The zero-order chi connectivity index (χ0) is 20.8. The maximum absolute atomic E-state index is 5.53. The van der Waals surface area contributed by atoms with Gasteiger partial charge in [-0.05, 0) is 35.6 Å². The number of hydrogen-bond donors (Lipinski definition) is 1. The van der Waals surface area contributed by atoms with Crippen molar-refractivity contribution in [3.05, 3.63) is 23.3 Å². The molecular weight excluding hydrogens is 495 g/mol. The molecule has 3 rings (SSSR count). The number of hydrogen-bond acceptors (Lipinski definition) is 5. The van der Waals surface area contributed by atoms with E-state index in [1.54, 1.807) is 14.2 Å². The third-order valence-corrected chi connectivity index (χ3v) is 5.98. The van der Waals surface area contributed by atoms with Crippen LogP contribution >= 0.6 is 24.0 Å². The zero-order valence-corrected chi connectivity index (χ0v) is 21.3. The molecule has 1 aromatic carbocycles. The minimum absolute atomic E-state index is 0. The quantitative estimate of drug-likeness (QED) is 0.346. The van der Waals surface area contributed by atoms with Crippen LogP contribution in [0.1, 0.15) is 25.0 Å². The molecule has 0 aliphatic carbocycles. The van der Waals surface area contributed by atoms with Gasteiger partial charge in [-0.3, -0.25) is 9.89 Å². The fraction of sp³-hybridized carbons (Fsp3) is 0.682. The van der Waals surface area contributed by atoms with Gasteiger partial charge in [0.15, 0.2) is 17.5 Å². The Labute approximate surface area is 198 Å². The number of nitrogens with zero attached hydrogens (tertiary/aromatic N) is 3. The van der Waals surface area contributed by atoms with Crippen LogP contribution in [0.4, 0.5) is 0 Å². The number of fused-ring (bicyclic) bond motifs is 1. The Morgan fingerprint density at radius 2 is 1.73 bits per heavy atom. The van der Waals surface area contributed by atoms with Gasteiger partial charge in [0.1, 0.15) is 0 Å². The number of rotatable bonds is 6. The van der Waals surface area contributed by atoms with Gasteiger partial charge in [-0.2, -0.15) is 0 Å². The van der Waals surface area contributed by atoms with Gasteiger partial charge in [-0.15, -0.1) is 24.0 Å². The van der Waals surface area contributed by atoms with Crippen molar-refractivity contribution in [3.8, 4) is 11.5 Å². The summed E-state index contributed by atoms with van der Waals surface area (Å²) in [6.45, 7) is 10.9. The fourth-order valence-electron chi connectivity index (χ4n) is 4.29. The molecule has 170 valence electrons. The van der Waals surface area contributed by atoms with Crippen molar-refractivity contribution in [1.29, 1.82) is 0 Å². The molecule has 0 spiro atoms. The number of guanidine groups is 1.